The molecule has 1 saturated carbocycles. The average Bonchev–Trinajstić information content (AvgIpc) is 2.90. The van der Waals surface area contributed by atoms with E-state index in [0.717, 1.165) is 15.9 Å². The molecule has 0 atom stereocenters. The van der Waals surface area contributed by atoms with E-state index < -0.39 is 0 Å². The third kappa shape index (κ3) is 2.32. The summed E-state index contributed by atoms with van der Waals surface area (Å²) < 4.78 is 6.24. The highest BCUT2D eigenvalue weighted by Gasteiger charge is 2.21. The molecule has 1 aliphatic rings. The summed E-state index contributed by atoms with van der Waals surface area (Å²) >= 11 is 3.45. The second-order valence-corrected chi connectivity index (χ2v) is 5.50. The third-order valence-corrected chi connectivity index (χ3v) is 4.05. The van der Waals surface area contributed by atoms with Crippen molar-refractivity contribution in [2.45, 2.75) is 38.0 Å². The summed E-state index contributed by atoms with van der Waals surface area (Å²) in [6, 6.07) is 1.88. The van der Waals surface area contributed by atoms with E-state index in [1.807, 2.05) is 6.07 Å². The van der Waals surface area contributed by atoms with E-state index in [2.05, 4.69) is 31.1 Å². The van der Waals surface area contributed by atoms with Gasteiger partial charge in [-0.1, -0.05) is 24.4 Å². The minimum absolute atomic E-state index is 0.469. The van der Waals surface area contributed by atoms with Crippen molar-refractivity contribution in [3.05, 3.63) is 28.8 Å². The van der Waals surface area contributed by atoms with Crippen molar-refractivity contribution in [3.63, 3.8) is 0 Å². The van der Waals surface area contributed by atoms with Gasteiger partial charge in [-0.3, -0.25) is 4.98 Å². The van der Waals surface area contributed by atoms with Gasteiger partial charge in [-0.15, -0.1) is 0 Å². The Morgan fingerprint density at radius 3 is 2.83 bits per heavy atom. The van der Waals surface area contributed by atoms with E-state index in [4.69, 9.17) is 4.52 Å². The van der Waals surface area contributed by atoms with Crippen molar-refractivity contribution >= 4 is 15.9 Å². The smallest absolute Gasteiger partial charge is 0.259 e. The average molecular weight is 308 g/mol. The monoisotopic (exact) mass is 307 g/mol. The summed E-state index contributed by atoms with van der Waals surface area (Å²) in [5, 5.41) is 4.13. The summed E-state index contributed by atoms with van der Waals surface area (Å²) in [6.45, 7) is 0. The molecule has 0 aromatic carbocycles. The maximum absolute atomic E-state index is 5.37. The van der Waals surface area contributed by atoms with Gasteiger partial charge < -0.3 is 4.52 Å². The number of aromatic nitrogens is 3. The third-order valence-electron chi connectivity index (χ3n) is 3.41. The Balaban J connectivity index is 1.87. The van der Waals surface area contributed by atoms with Gasteiger partial charge in [-0.05, 0) is 34.8 Å². The predicted octanol–water partition coefficient (Wildman–Crippen LogP) is 3.94. The number of nitrogens with zero attached hydrogens (tertiary/aromatic N) is 3. The fourth-order valence-electron chi connectivity index (χ4n) is 2.42. The van der Waals surface area contributed by atoms with E-state index in [1.54, 1.807) is 12.4 Å². The van der Waals surface area contributed by atoms with Crippen LogP contribution in [0.15, 0.2) is 27.5 Å². The minimum Gasteiger partial charge on any atom is -0.334 e. The van der Waals surface area contributed by atoms with Crippen LogP contribution in [0.4, 0.5) is 0 Å². The molecule has 0 radical (unpaired) electrons. The fourth-order valence-corrected chi connectivity index (χ4v) is 2.84. The Hall–Kier alpha value is -1.23. The molecule has 4 nitrogen and oxygen atoms in total. The molecular formula is C13H14BrN3O. The second kappa shape index (κ2) is 5.18. The lowest BCUT2D eigenvalue weighted by atomic mass is 9.89. The zero-order valence-electron chi connectivity index (χ0n) is 9.97. The first-order chi connectivity index (χ1) is 8.84. The van der Waals surface area contributed by atoms with Crippen LogP contribution in [0.1, 0.15) is 43.8 Å². The predicted molar refractivity (Wildman–Crippen MR) is 71.1 cm³/mol. The Bertz CT molecular complexity index is 535. The Morgan fingerprint density at radius 2 is 2.06 bits per heavy atom. The first-order valence-electron chi connectivity index (χ1n) is 6.28. The molecule has 0 unspecified atom stereocenters. The van der Waals surface area contributed by atoms with Gasteiger partial charge in [0.05, 0.1) is 5.56 Å². The summed E-state index contributed by atoms with van der Waals surface area (Å²) in [5.74, 6) is 1.90. The molecule has 0 saturated heterocycles. The maximum atomic E-state index is 5.37. The highest BCUT2D eigenvalue weighted by molar-refractivity contribution is 9.10. The molecule has 0 amide bonds. The summed E-state index contributed by atoms with van der Waals surface area (Å²) in [6.07, 6.45) is 9.69. The molecule has 0 aliphatic heterocycles. The molecule has 0 bridgehead atoms. The van der Waals surface area contributed by atoms with Crippen LogP contribution in [0, 0.1) is 0 Å². The molecule has 0 N–H and O–H groups in total. The van der Waals surface area contributed by atoms with Crippen LogP contribution >= 0.6 is 15.9 Å². The normalized spacial score (nSPS) is 16.9. The minimum atomic E-state index is 0.469. The van der Waals surface area contributed by atoms with Gasteiger partial charge in [0.1, 0.15) is 0 Å². The quantitative estimate of drug-likeness (QED) is 0.843. The Kier molecular flexibility index (Phi) is 3.41. The Morgan fingerprint density at radius 1 is 1.22 bits per heavy atom. The molecule has 1 fully saturated rings. The molecule has 94 valence electrons. The molecule has 2 heterocycles. The second-order valence-electron chi connectivity index (χ2n) is 4.65. The molecule has 5 heteroatoms. The van der Waals surface area contributed by atoms with Gasteiger partial charge in [-0.25, -0.2) is 0 Å². The summed E-state index contributed by atoms with van der Waals surface area (Å²) in [7, 11) is 0. The van der Waals surface area contributed by atoms with Crippen molar-refractivity contribution in [3.8, 4) is 11.5 Å². The zero-order valence-corrected chi connectivity index (χ0v) is 11.6. The van der Waals surface area contributed by atoms with Crippen LogP contribution in [0.25, 0.3) is 11.5 Å². The number of rotatable bonds is 2. The number of hydrogen-bond donors (Lipinski definition) is 0. The van der Waals surface area contributed by atoms with E-state index in [0.29, 0.717) is 11.8 Å². The van der Waals surface area contributed by atoms with Crippen molar-refractivity contribution < 1.29 is 4.52 Å². The summed E-state index contributed by atoms with van der Waals surface area (Å²) in [5.41, 5.74) is 0.902. The molecule has 1 aliphatic carbocycles. The van der Waals surface area contributed by atoms with E-state index >= 15 is 0 Å². The lowest BCUT2D eigenvalue weighted by Crippen LogP contribution is -2.06. The lowest BCUT2D eigenvalue weighted by molar-refractivity contribution is 0.385. The molecule has 2 aromatic rings. The van der Waals surface area contributed by atoms with Gasteiger partial charge in [0, 0.05) is 22.8 Å². The highest BCUT2D eigenvalue weighted by Crippen LogP contribution is 2.33. The van der Waals surface area contributed by atoms with Gasteiger partial charge in [-0.2, -0.15) is 4.98 Å². The SMILES string of the molecule is Brc1cnccc1-c1nc(C2CCCCC2)no1. The van der Waals surface area contributed by atoms with Crippen molar-refractivity contribution in [1.82, 2.24) is 15.1 Å². The molecular weight excluding hydrogens is 294 g/mol. The van der Waals surface area contributed by atoms with Crippen LogP contribution in [0.5, 0.6) is 0 Å². The molecule has 3 rings (SSSR count). The van der Waals surface area contributed by atoms with E-state index in [1.165, 1.54) is 32.1 Å². The van der Waals surface area contributed by atoms with Gasteiger partial charge >= 0.3 is 0 Å². The highest BCUT2D eigenvalue weighted by atomic mass is 79.9. The number of pyridine rings is 1. The van der Waals surface area contributed by atoms with Gasteiger partial charge in [0.2, 0.25) is 0 Å². The van der Waals surface area contributed by atoms with E-state index in [9.17, 15) is 0 Å². The van der Waals surface area contributed by atoms with Crippen LogP contribution in [0.2, 0.25) is 0 Å². The first kappa shape index (κ1) is 11.8. The molecule has 18 heavy (non-hydrogen) atoms. The Labute approximate surface area is 114 Å². The van der Waals surface area contributed by atoms with Crippen LogP contribution in [0.3, 0.4) is 0 Å². The maximum Gasteiger partial charge on any atom is 0.259 e. The van der Waals surface area contributed by atoms with Crippen molar-refractivity contribution in [2.24, 2.45) is 0 Å². The van der Waals surface area contributed by atoms with Crippen LogP contribution in [-0.2, 0) is 0 Å². The van der Waals surface area contributed by atoms with E-state index in [-0.39, 0.29) is 0 Å². The summed E-state index contributed by atoms with van der Waals surface area (Å²) in [4.78, 5) is 8.56. The van der Waals surface area contributed by atoms with Crippen LogP contribution in [-0.4, -0.2) is 15.1 Å². The fraction of sp³-hybridized carbons (Fsp3) is 0.462. The number of hydrogen-bond acceptors (Lipinski definition) is 4. The van der Waals surface area contributed by atoms with Gasteiger partial charge in [0.15, 0.2) is 5.82 Å². The van der Waals surface area contributed by atoms with Gasteiger partial charge in [0.25, 0.3) is 5.89 Å². The van der Waals surface area contributed by atoms with Crippen molar-refractivity contribution in [2.75, 3.05) is 0 Å². The zero-order chi connectivity index (χ0) is 12.4. The molecule has 0 spiro atoms. The lowest BCUT2D eigenvalue weighted by Gasteiger charge is -2.17. The first-order valence-corrected chi connectivity index (χ1v) is 7.07. The topological polar surface area (TPSA) is 51.8 Å². The largest absolute Gasteiger partial charge is 0.334 e. The van der Waals surface area contributed by atoms with Crippen LogP contribution < -0.4 is 0 Å². The number of halogens is 1. The standard InChI is InChI=1S/C13H14BrN3O/c14-11-8-15-7-6-10(11)13-16-12(17-18-13)9-4-2-1-3-5-9/h6-9H,1-5H2. The van der Waals surface area contributed by atoms with Crippen molar-refractivity contribution in [1.29, 1.82) is 0 Å². The molecule has 2 aromatic heterocycles.